The van der Waals surface area contributed by atoms with Gasteiger partial charge in [0.2, 0.25) is 5.89 Å². The van der Waals surface area contributed by atoms with Crippen molar-refractivity contribution in [2.75, 3.05) is 13.2 Å². The average Bonchev–Trinajstić information content (AvgIpc) is 3.11. The van der Waals surface area contributed by atoms with Crippen molar-refractivity contribution in [3.05, 3.63) is 29.0 Å². The number of aryl methyl sites for hydroxylation is 1. The molecule has 1 atom stereocenters. The Labute approximate surface area is 116 Å². The zero-order valence-electron chi connectivity index (χ0n) is 11.0. The zero-order chi connectivity index (χ0) is 13.2. The van der Waals surface area contributed by atoms with Crippen molar-refractivity contribution in [3.63, 3.8) is 0 Å². The Morgan fingerprint density at radius 2 is 2.47 bits per heavy atom. The second kappa shape index (κ2) is 5.45. The van der Waals surface area contributed by atoms with Crippen LogP contribution < -0.4 is 0 Å². The predicted molar refractivity (Wildman–Crippen MR) is 75.1 cm³/mol. The van der Waals surface area contributed by atoms with Crippen LogP contribution in [-0.2, 0) is 6.54 Å². The van der Waals surface area contributed by atoms with Crippen LogP contribution >= 0.6 is 11.3 Å². The minimum absolute atomic E-state index is 0.231. The van der Waals surface area contributed by atoms with Crippen LogP contribution in [0.4, 0.5) is 0 Å². The monoisotopic (exact) mass is 278 g/mol. The van der Waals surface area contributed by atoms with Crippen molar-refractivity contribution in [2.24, 2.45) is 0 Å². The third kappa shape index (κ3) is 2.59. The molecule has 1 unspecified atom stereocenters. The summed E-state index contributed by atoms with van der Waals surface area (Å²) in [6.07, 6.45) is 2.23. The molecule has 0 spiro atoms. The first-order valence-electron chi connectivity index (χ1n) is 6.63. The number of aromatic nitrogens is 1. The van der Waals surface area contributed by atoms with E-state index in [1.165, 1.54) is 0 Å². The molecule has 2 aromatic rings. The van der Waals surface area contributed by atoms with Crippen LogP contribution in [0.1, 0.15) is 24.3 Å². The molecule has 2 aromatic heterocycles. The van der Waals surface area contributed by atoms with E-state index in [1.807, 2.05) is 24.4 Å². The van der Waals surface area contributed by atoms with Gasteiger partial charge in [-0.25, -0.2) is 4.98 Å². The molecular weight excluding hydrogens is 260 g/mol. The highest BCUT2D eigenvalue weighted by molar-refractivity contribution is 7.13. The second-order valence-corrected chi connectivity index (χ2v) is 5.90. The summed E-state index contributed by atoms with van der Waals surface area (Å²) in [5.41, 5.74) is 0.990. The number of thiophene rings is 1. The molecular formula is C14H18N2O2S. The molecule has 3 heterocycles. The molecule has 3 rings (SSSR count). The van der Waals surface area contributed by atoms with Gasteiger partial charge in [-0.3, -0.25) is 4.90 Å². The molecule has 0 aromatic carbocycles. The number of rotatable bonds is 4. The Balaban J connectivity index is 1.78. The van der Waals surface area contributed by atoms with Gasteiger partial charge in [-0.1, -0.05) is 6.07 Å². The molecule has 0 saturated carbocycles. The molecule has 0 bridgehead atoms. The molecule has 5 heteroatoms. The average molecular weight is 278 g/mol. The van der Waals surface area contributed by atoms with Crippen molar-refractivity contribution in [2.45, 2.75) is 32.4 Å². The Kier molecular flexibility index (Phi) is 3.68. The van der Waals surface area contributed by atoms with Gasteiger partial charge < -0.3 is 9.52 Å². The highest BCUT2D eigenvalue weighted by Gasteiger charge is 2.25. The highest BCUT2D eigenvalue weighted by Crippen LogP contribution is 2.27. The van der Waals surface area contributed by atoms with Crippen LogP contribution in [0.3, 0.4) is 0 Å². The van der Waals surface area contributed by atoms with Crippen LogP contribution in [-0.4, -0.2) is 34.2 Å². The van der Waals surface area contributed by atoms with E-state index in [-0.39, 0.29) is 12.6 Å². The van der Waals surface area contributed by atoms with Crippen LogP contribution in [0.15, 0.2) is 21.9 Å². The first kappa shape index (κ1) is 12.8. The van der Waals surface area contributed by atoms with E-state index in [0.29, 0.717) is 5.89 Å². The van der Waals surface area contributed by atoms with Gasteiger partial charge in [0.05, 0.1) is 17.2 Å². The quantitative estimate of drug-likeness (QED) is 0.934. The van der Waals surface area contributed by atoms with Gasteiger partial charge in [0.25, 0.3) is 0 Å². The van der Waals surface area contributed by atoms with Gasteiger partial charge in [-0.15, -0.1) is 11.3 Å². The number of oxazole rings is 1. The summed E-state index contributed by atoms with van der Waals surface area (Å²) in [5.74, 6) is 1.59. The summed E-state index contributed by atoms with van der Waals surface area (Å²) in [7, 11) is 0. The van der Waals surface area contributed by atoms with Crippen molar-refractivity contribution < 1.29 is 9.52 Å². The number of aliphatic hydroxyl groups is 1. The lowest BCUT2D eigenvalue weighted by Crippen LogP contribution is -2.31. The molecule has 102 valence electrons. The van der Waals surface area contributed by atoms with E-state index >= 15 is 0 Å². The van der Waals surface area contributed by atoms with E-state index in [4.69, 9.17) is 4.42 Å². The van der Waals surface area contributed by atoms with Gasteiger partial charge in [-0.05, 0) is 37.8 Å². The molecule has 19 heavy (non-hydrogen) atoms. The summed E-state index contributed by atoms with van der Waals surface area (Å²) in [6.45, 7) is 4.00. The number of aliphatic hydroxyl groups excluding tert-OH is 1. The van der Waals surface area contributed by atoms with Crippen molar-refractivity contribution >= 4 is 11.3 Å². The van der Waals surface area contributed by atoms with Gasteiger partial charge in [0.15, 0.2) is 0 Å². The van der Waals surface area contributed by atoms with E-state index in [2.05, 4.69) is 9.88 Å². The molecule has 1 N–H and O–H groups in total. The first-order valence-corrected chi connectivity index (χ1v) is 7.51. The maximum atomic E-state index is 9.36. The molecule has 1 aliphatic rings. The van der Waals surface area contributed by atoms with Crippen molar-refractivity contribution in [1.29, 1.82) is 0 Å². The SMILES string of the molecule is Cc1oc(-c2cccs2)nc1CN1CCCC1CO. The molecule has 1 aliphatic heterocycles. The fourth-order valence-corrected chi connectivity index (χ4v) is 3.23. The van der Waals surface area contributed by atoms with Gasteiger partial charge >= 0.3 is 0 Å². The normalized spacial score (nSPS) is 20.2. The Morgan fingerprint density at radius 1 is 1.58 bits per heavy atom. The number of likely N-dealkylation sites (tertiary alicyclic amines) is 1. The topological polar surface area (TPSA) is 49.5 Å². The molecule has 1 fully saturated rings. The second-order valence-electron chi connectivity index (χ2n) is 4.95. The zero-order valence-corrected chi connectivity index (χ0v) is 11.8. The third-order valence-electron chi connectivity index (χ3n) is 3.69. The van der Waals surface area contributed by atoms with Gasteiger partial charge in [0, 0.05) is 12.6 Å². The molecule has 1 saturated heterocycles. The molecule has 0 aliphatic carbocycles. The number of hydrogen-bond acceptors (Lipinski definition) is 5. The van der Waals surface area contributed by atoms with Crippen LogP contribution in [0.5, 0.6) is 0 Å². The first-order chi connectivity index (χ1) is 9.28. The Morgan fingerprint density at radius 3 is 3.21 bits per heavy atom. The smallest absolute Gasteiger partial charge is 0.236 e. The third-order valence-corrected chi connectivity index (χ3v) is 4.55. The lowest BCUT2D eigenvalue weighted by atomic mass is 10.2. The maximum absolute atomic E-state index is 9.36. The molecule has 4 nitrogen and oxygen atoms in total. The Bertz CT molecular complexity index is 536. The van der Waals surface area contributed by atoms with Crippen molar-refractivity contribution in [3.8, 4) is 10.8 Å². The lowest BCUT2D eigenvalue weighted by molar-refractivity contribution is 0.152. The summed E-state index contributed by atoms with van der Waals surface area (Å²) < 4.78 is 5.75. The summed E-state index contributed by atoms with van der Waals surface area (Å²) >= 11 is 1.64. The van der Waals surface area contributed by atoms with Gasteiger partial charge in [-0.2, -0.15) is 0 Å². The Hall–Kier alpha value is -1.17. The van der Waals surface area contributed by atoms with Crippen LogP contribution in [0.2, 0.25) is 0 Å². The predicted octanol–water partition coefficient (Wildman–Crippen LogP) is 2.67. The van der Waals surface area contributed by atoms with Crippen LogP contribution in [0.25, 0.3) is 10.8 Å². The number of hydrogen-bond donors (Lipinski definition) is 1. The van der Waals surface area contributed by atoms with E-state index in [1.54, 1.807) is 11.3 Å². The van der Waals surface area contributed by atoms with Gasteiger partial charge in [0.1, 0.15) is 5.76 Å². The summed E-state index contributed by atoms with van der Waals surface area (Å²) in [4.78, 5) is 7.96. The molecule has 0 amide bonds. The van der Waals surface area contributed by atoms with E-state index < -0.39 is 0 Å². The van der Waals surface area contributed by atoms with E-state index in [9.17, 15) is 5.11 Å². The largest absolute Gasteiger partial charge is 0.440 e. The van der Waals surface area contributed by atoms with Crippen LogP contribution in [0, 0.1) is 6.92 Å². The lowest BCUT2D eigenvalue weighted by Gasteiger charge is -2.21. The fraction of sp³-hybridized carbons (Fsp3) is 0.500. The minimum atomic E-state index is 0.231. The maximum Gasteiger partial charge on any atom is 0.236 e. The fourth-order valence-electron chi connectivity index (χ4n) is 2.58. The van der Waals surface area contributed by atoms with Crippen molar-refractivity contribution in [1.82, 2.24) is 9.88 Å². The summed E-state index contributed by atoms with van der Waals surface area (Å²) in [6, 6.07) is 4.30. The standard InChI is InChI=1S/C14H18N2O2S/c1-10-12(8-16-6-2-4-11(16)9-17)15-14(18-10)13-5-3-7-19-13/h3,5,7,11,17H,2,4,6,8-9H2,1H3. The molecule has 0 radical (unpaired) electrons. The highest BCUT2D eigenvalue weighted by atomic mass is 32.1. The minimum Gasteiger partial charge on any atom is -0.440 e. The summed E-state index contributed by atoms with van der Waals surface area (Å²) in [5, 5.41) is 11.4. The number of nitrogens with zero attached hydrogens (tertiary/aromatic N) is 2. The van der Waals surface area contributed by atoms with E-state index in [0.717, 1.165) is 42.3 Å².